The van der Waals surface area contributed by atoms with Crippen molar-refractivity contribution in [1.29, 1.82) is 0 Å². The van der Waals surface area contributed by atoms with Gasteiger partial charge in [0, 0.05) is 5.41 Å². The summed E-state index contributed by atoms with van der Waals surface area (Å²) in [6.45, 7) is 8.40. The quantitative estimate of drug-likeness (QED) is 0.889. The van der Waals surface area contributed by atoms with E-state index in [1.165, 1.54) is 6.42 Å². The van der Waals surface area contributed by atoms with E-state index in [0.717, 1.165) is 12.8 Å². The maximum atomic E-state index is 6.21. The van der Waals surface area contributed by atoms with Crippen molar-refractivity contribution < 1.29 is 9.26 Å². The first-order chi connectivity index (χ1) is 8.29. The summed E-state index contributed by atoms with van der Waals surface area (Å²) >= 11 is 0. The third-order valence-electron chi connectivity index (χ3n) is 3.25. The summed E-state index contributed by atoms with van der Waals surface area (Å²) in [4.78, 5) is 4.39. The molecule has 5 nitrogen and oxygen atoms in total. The molecule has 0 spiro atoms. The van der Waals surface area contributed by atoms with Crippen LogP contribution in [0.5, 0.6) is 0 Å². The van der Waals surface area contributed by atoms with Crippen molar-refractivity contribution in [1.82, 2.24) is 10.1 Å². The highest BCUT2D eigenvalue weighted by molar-refractivity contribution is 5.06. The van der Waals surface area contributed by atoms with Crippen molar-refractivity contribution >= 4 is 0 Å². The maximum absolute atomic E-state index is 6.21. The van der Waals surface area contributed by atoms with E-state index >= 15 is 0 Å². The number of nitrogens with zero attached hydrogens (tertiary/aromatic N) is 2. The zero-order chi connectivity index (χ0) is 13.4. The topological polar surface area (TPSA) is 74.2 Å². The van der Waals surface area contributed by atoms with Gasteiger partial charge in [-0.25, -0.2) is 0 Å². The Bertz CT molecular complexity index is 403. The second-order valence-electron chi connectivity index (χ2n) is 6.45. The van der Waals surface area contributed by atoms with Gasteiger partial charge in [0.05, 0.1) is 12.7 Å². The van der Waals surface area contributed by atoms with Gasteiger partial charge in [0.2, 0.25) is 5.89 Å². The molecule has 1 aliphatic rings. The molecule has 0 aliphatic heterocycles. The molecule has 1 heterocycles. The minimum absolute atomic E-state index is 0.157. The van der Waals surface area contributed by atoms with Gasteiger partial charge in [-0.15, -0.1) is 0 Å². The Morgan fingerprint density at radius 1 is 1.33 bits per heavy atom. The lowest BCUT2D eigenvalue weighted by Gasteiger charge is -2.29. The molecule has 2 rings (SSSR count). The minimum Gasteiger partial charge on any atom is -0.376 e. The SMILES string of the molecule is CC(C)(C)c1nc(C(C)(N)COC2CCC2)no1. The van der Waals surface area contributed by atoms with Crippen molar-refractivity contribution in [3.8, 4) is 0 Å². The number of nitrogens with two attached hydrogens (primary N) is 1. The number of hydrogen-bond donors (Lipinski definition) is 1. The lowest BCUT2D eigenvalue weighted by atomic mass is 9.95. The van der Waals surface area contributed by atoms with Crippen LogP contribution in [0.3, 0.4) is 0 Å². The van der Waals surface area contributed by atoms with E-state index in [1.54, 1.807) is 0 Å². The molecule has 2 N–H and O–H groups in total. The Morgan fingerprint density at radius 2 is 2.00 bits per heavy atom. The van der Waals surface area contributed by atoms with Gasteiger partial charge in [0.25, 0.3) is 0 Å². The normalized spacial score (nSPS) is 20.5. The van der Waals surface area contributed by atoms with Crippen LogP contribution in [-0.4, -0.2) is 22.9 Å². The Kier molecular flexibility index (Phi) is 3.47. The fraction of sp³-hybridized carbons (Fsp3) is 0.846. The average Bonchev–Trinajstić information content (AvgIpc) is 2.62. The maximum Gasteiger partial charge on any atom is 0.232 e. The fourth-order valence-electron chi connectivity index (χ4n) is 1.65. The first-order valence-electron chi connectivity index (χ1n) is 6.54. The Balaban J connectivity index is 2.01. The van der Waals surface area contributed by atoms with Crippen molar-refractivity contribution in [3.05, 3.63) is 11.7 Å². The van der Waals surface area contributed by atoms with E-state index in [2.05, 4.69) is 10.1 Å². The second-order valence-corrected chi connectivity index (χ2v) is 6.45. The third kappa shape index (κ3) is 2.90. The van der Waals surface area contributed by atoms with Crippen LogP contribution in [0.1, 0.15) is 58.7 Å². The van der Waals surface area contributed by atoms with Crippen molar-refractivity contribution in [2.45, 2.75) is 64.0 Å². The van der Waals surface area contributed by atoms with Crippen LogP contribution in [-0.2, 0) is 15.7 Å². The number of rotatable bonds is 4. The molecule has 0 aromatic carbocycles. The predicted molar refractivity (Wildman–Crippen MR) is 68.1 cm³/mol. The summed E-state index contributed by atoms with van der Waals surface area (Å²) in [5.41, 5.74) is 5.36. The molecule has 1 aromatic heterocycles. The third-order valence-corrected chi connectivity index (χ3v) is 3.25. The molecule has 0 radical (unpaired) electrons. The van der Waals surface area contributed by atoms with Crippen LogP contribution in [0.15, 0.2) is 4.52 Å². The van der Waals surface area contributed by atoms with E-state index in [0.29, 0.717) is 24.4 Å². The van der Waals surface area contributed by atoms with Crippen LogP contribution >= 0.6 is 0 Å². The molecule has 0 saturated heterocycles. The highest BCUT2D eigenvalue weighted by Crippen LogP contribution is 2.26. The predicted octanol–water partition coefficient (Wildman–Crippen LogP) is 2.11. The lowest BCUT2D eigenvalue weighted by molar-refractivity contribution is -0.0222. The van der Waals surface area contributed by atoms with Crippen molar-refractivity contribution in [2.24, 2.45) is 5.73 Å². The van der Waals surface area contributed by atoms with Crippen LogP contribution in [0.25, 0.3) is 0 Å². The molecule has 1 aliphatic carbocycles. The molecule has 1 unspecified atom stereocenters. The summed E-state index contributed by atoms with van der Waals surface area (Å²) in [5.74, 6) is 1.13. The highest BCUT2D eigenvalue weighted by atomic mass is 16.5. The van der Waals surface area contributed by atoms with Crippen LogP contribution < -0.4 is 5.73 Å². The monoisotopic (exact) mass is 253 g/mol. The fourth-order valence-corrected chi connectivity index (χ4v) is 1.65. The van der Waals surface area contributed by atoms with Gasteiger partial charge >= 0.3 is 0 Å². The smallest absolute Gasteiger partial charge is 0.232 e. The zero-order valence-electron chi connectivity index (χ0n) is 11.7. The van der Waals surface area contributed by atoms with Crippen LogP contribution in [0, 0.1) is 0 Å². The number of aromatic nitrogens is 2. The molecule has 5 heteroatoms. The van der Waals surface area contributed by atoms with Gasteiger partial charge in [-0.05, 0) is 26.2 Å². The molecule has 1 aromatic rings. The molecule has 0 amide bonds. The lowest BCUT2D eigenvalue weighted by Crippen LogP contribution is -2.41. The van der Waals surface area contributed by atoms with E-state index in [4.69, 9.17) is 15.0 Å². The van der Waals surface area contributed by atoms with Gasteiger partial charge in [0.1, 0.15) is 5.54 Å². The summed E-state index contributed by atoms with van der Waals surface area (Å²) in [6, 6.07) is 0. The minimum atomic E-state index is -0.692. The molecule has 1 atom stereocenters. The van der Waals surface area contributed by atoms with Crippen molar-refractivity contribution in [3.63, 3.8) is 0 Å². The molecule has 102 valence electrons. The molecular weight excluding hydrogens is 230 g/mol. The van der Waals surface area contributed by atoms with Gasteiger partial charge in [-0.3, -0.25) is 0 Å². The largest absolute Gasteiger partial charge is 0.376 e. The van der Waals surface area contributed by atoms with Gasteiger partial charge in [-0.2, -0.15) is 4.98 Å². The number of ether oxygens (including phenoxy) is 1. The standard InChI is InChI=1S/C13H23N3O2/c1-12(2,3)11-15-10(16-18-11)13(4,14)8-17-9-6-5-7-9/h9H,5-8,14H2,1-4H3. The van der Waals surface area contributed by atoms with Gasteiger partial charge in [0.15, 0.2) is 5.82 Å². The first-order valence-corrected chi connectivity index (χ1v) is 6.54. The van der Waals surface area contributed by atoms with Gasteiger partial charge < -0.3 is 15.0 Å². The van der Waals surface area contributed by atoms with Crippen LogP contribution in [0.2, 0.25) is 0 Å². The summed E-state index contributed by atoms with van der Waals surface area (Å²) < 4.78 is 11.0. The van der Waals surface area contributed by atoms with E-state index in [1.807, 2.05) is 27.7 Å². The second kappa shape index (κ2) is 4.63. The van der Waals surface area contributed by atoms with Crippen molar-refractivity contribution in [2.75, 3.05) is 6.61 Å². The summed E-state index contributed by atoms with van der Waals surface area (Å²) in [5, 5.41) is 3.99. The van der Waals surface area contributed by atoms with E-state index in [-0.39, 0.29) is 5.41 Å². The highest BCUT2D eigenvalue weighted by Gasteiger charge is 2.32. The van der Waals surface area contributed by atoms with E-state index in [9.17, 15) is 0 Å². The molecule has 0 bridgehead atoms. The Hall–Kier alpha value is -0.940. The molecule has 1 fully saturated rings. The Labute approximate surface area is 108 Å². The molecule has 18 heavy (non-hydrogen) atoms. The summed E-state index contributed by atoms with van der Waals surface area (Å²) in [7, 11) is 0. The zero-order valence-corrected chi connectivity index (χ0v) is 11.7. The Morgan fingerprint density at radius 3 is 2.44 bits per heavy atom. The number of hydrogen-bond acceptors (Lipinski definition) is 5. The molecule has 1 saturated carbocycles. The van der Waals surface area contributed by atoms with Crippen LogP contribution in [0.4, 0.5) is 0 Å². The average molecular weight is 253 g/mol. The summed E-state index contributed by atoms with van der Waals surface area (Å²) in [6.07, 6.45) is 3.88. The molecular formula is C13H23N3O2. The van der Waals surface area contributed by atoms with E-state index < -0.39 is 5.54 Å². The van der Waals surface area contributed by atoms with Gasteiger partial charge in [-0.1, -0.05) is 25.9 Å². The first kappa shape index (κ1) is 13.5.